The molecule has 1 aliphatic rings. The molecular formula is C5H11NO2P+. The van der Waals surface area contributed by atoms with Gasteiger partial charge in [-0.05, 0) is 17.4 Å². The zero-order valence-corrected chi connectivity index (χ0v) is 6.18. The molecule has 0 aromatic heterocycles. The van der Waals surface area contributed by atoms with Gasteiger partial charge >= 0.3 is 8.18 Å². The average molecular weight is 148 g/mol. The Kier molecular flexibility index (Phi) is 2.58. The van der Waals surface area contributed by atoms with Gasteiger partial charge in [0.2, 0.25) is 0 Å². The van der Waals surface area contributed by atoms with Crippen LogP contribution in [0, 0.1) is 0 Å². The summed E-state index contributed by atoms with van der Waals surface area (Å²) < 4.78 is 12.1. The summed E-state index contributed by atoms with van der Waals surface area (Å²) in [5.41, 5.74) is 0. The van der Waals surface area contributed by atoms with Gasteiger partial charge in [0.15, 0.2) is 0 Å². The molecule has 1 aliphatic heterocycles. The number of piperidine rings is 1. The van der Waals surface area contributed by atoms with E-state index < -0.39 is 8.18 Å². The second-order valence-corrected chi connectivity index (χ2v) is 3.34. The molecule has 1 N–H and O–H groups in total. The van der Waals surface area contributed by atoms with Gasteiger partial charge in [0.1, 0.15) is 0 Å². The molecule has 1 saturated heterocycles. The van der Waals surface area contributed by atoms with Gasteiger partial charge in [-0.15, -0.1) is 4.89 Å². The molecule has 0 amide bonds. The molecule has 0 bridgehead atoms. The van der Waals surface area contributed by atoms with Crippen molar-refractivity contribution in [2.45, 2.75) is 19.3 Å². The van der Waals surface area contributed by atoms with Crippen LogP contribution >= 0.6 is 8.18 Å². The first kappa shape index (κ1) is 7.13. The Bertz CT molecular complexity index is 112. The van der Waals surface area contributed by atoms with E-state index in [0.29, 0.717) is 0 Å². The Hall–Kier alpha value is 0.0200. The lowest BCUT2D eigenvalue weighted by Crippen LogP contribution is -2.22. The fourth-order valence-corrected chi connectivity index (χ4v) is 1.67. The number of rotatable bonds is 1. The van der Waals surface area contributed by atoms with Crippen molar-refractivity contribution in [3.8, 4) is 0 Å². The van der Waals surface area contributed by atoms with Crippen LogP contribution in [0.15, 0.2) is 0 Å². The minimum absolute atomic E-state index is 0.797. The number of hydrogen-bond acceptors (Lipinski definition) is 1. The fraction of sp³-hybridized carbons (Fsp3) is 1.00. The molecule has 0 saturated carbocycles. The molecule has 1 rings (SSSR count). The van der Waals surface area contributed by atoms with Crippen molar-refractivity contribution in [2.24, 2.45) is 0 Å². The molecule has 9 heavy (non-hydrogen) atoms. The number of nitrogens with zero attached hydrogens (tertiary/aromatic N) is 1. The van der Waals surface area contributed by atoms with E-state index in [9.17, 15) is 4.57 Å². The van der Waals surface area contributed by atoms with E-state index >= 15 is 0 Å². The third kappa shape index (κ3) is 2.01. The van der Waals surface area contributed by atoms with Gasteiger partial charge in [0.05, 0.1) is 0 Å². The normalized spacial score (nSPS) is 23.9. The molecule has 3 nitrogen and oxygen atoms in total. The summed E-state index contributed by atoms with van der Waals surface area (Å²) >= 11 is 0. The van der Waals surface area contributed by atoms with Gasteiger partial charge in [-0.2, -0.15) is 0 Å². The first-order valence-corrected chi connectivity index (χ1v) is 4.38. The molecule has 0 aromatic carbocycles. The molecule has 0 aliphatic carbocycles. The Morgan fingerprint density at radius 1 is 1.22 bits per heavy atom. The highest BCUT2D eigenvalue weighted by Gasteiger charge is 2.26. The SMILES string of the molecule is O=[P+](O)N1CCCCC1. The van der Waals surface area contributed by atoms with Crippen molar-refractivity contribution in [3.63, 3.8) is 0 Å². The monoisotopic (exact) mass is 148 g/mol. The zero-order chi connectivity index (χ0) is 6.69. The third-order valence-electron chi connectivity index (χ3n) is 1.57. The highest BCUT2D eigenvalue weighted by molar-refractivity contribution is 7.35. The van der Waals surface area contributed by atoms with E-state index in [0.717, 1.165) is 25.9 Å². The van der Waals surface area contributed by atoms with E-state index in [1.54, 1.807) is 4.67 Å². The first-order valence-electron chi connectivity index (χ1n) is 3.22. The summed E-state index contributed by atoms with van der Waals surface area (Å²) in [5.74, 6) is 0. The zero-order valence-electron chi connectivity index (χ0n) is 5.29. The van der Waals surface area contributed by atoms with Gasteiger partial charge in [-0.1, -0.05) is 11.1 Å². The lowest BCUT2D eigenvalue weighted by atomic mass is 10.2. The van der Waals surface area contributed by atoms with Crippen molar-refractivity contribution >= 4 is 8.18 Å². The molecule has 1 fully saturated rings. The molecule has 52 valence electrons. The van der Waals surface area contributed by atoms with Crippen LogP contribution in [0.4, 0.5) is 0 Å². The minimum atomic E-state index is -2.04. The van der Waals surface area contributed by atoms with E-state index in [1.165, 1.54) is 6.42 Å². The topological polar surface area (TPSA) is 40.5 Å². The fourth-order valence-electron chi connectivity index (χ4n) is 1.05. The van der Waals surface area contributed by atoms with Crippen LogP contribution in [0.25, 0.3) is 0 Å². The second kappa shape index (κ2) is 3.25. The van der Waals surface area contributed by atoms with Crippen molar-refractivity contribution in [1.29, 1.82) is 0 Å². The lowest BCUT2D eigenvalue weighted by molar-refractivity contribution is 0.320. The minimum Gasteiger partial charge on any atom is -0.144 e. The lowest BCUT2D eigenvalue weighted by Gasteiger charge is -2.12. The van der Waals surface area contributed by atoms with Crippen molar-refractivity contribution in [1.82, 2.24) is 4.67 Å². The van der Waals surface area contributed by atoms with Gasteiger partial charge in [-0.25, -0.2) is 0 Å². The molecule has 1 atom stereocenters. The van der Waals surface area contributed by atoms with Crippen LogP contribution < -0.4 is 0 Å². The Morgan fingerprint density at radius 3 is 2.11 bits per heavy atom. The van der Waals surface area contributed by atoms with Crippen molar-refractivity contribution in [2.75, 3.05) is 13.1 Å². The van der Waals surface area contributed by atoms with Crippen LogP contribution in [0.1, 0.15) is 19.3 Å². The van der Waals surface area contributed by atoms with Crippen LogP contribution in [0.5, 0.6) is 0 Å². The van der Waals surface area contributed by atoms with Crippen molar-refractivity contribution in [3.05, 3.63) is 0 Å². The quantitative estimate of drug-likeness (QED) is 0.566. The average Bonchev–Trinajstić information content (AvgIpc) is 1.90. The van der Waals surface area contributed by atoms with E-state index in [2.05, 4.69) is 0 Å². The third-order valence-corrected chi connectivity index (χ3v) is 2.46. The molecule has 0 spiro atoms. The number of hydrogen-bond donors (Lipinski definition) is 1. The Morgan fingerprint density at radius 2 is 1.78 bits per heavy atom. The highest BCUT2D eigenvalue weighted by atomic mass is 31.1. The maximum atomic E-state index is 10.4. The van der Waals surface area contributed by atoms with E-state index in [4.69, 9.17) is 4.89 Å². The first-order chi connectivity index (χ1) is 4.30. The second-order valence-electron chi connectivity index (χ2n) is 2.27. The smallest absolute Gasteiger partial charge is 0.144 e. The molecule has 0 radical (unpaired) electrons. The predicted octanol–water partition coefficient (Wildman–Crippen LogP) is 1.12. The van der Waals surface area contributed by atoms with Gasteiger partial charge < -0.3 is 0 Å². The van der Waals surface area contributed by atoms with Crippen molar-refractivity contribution < 1.29 is 9.46 Å². The van der Waals surface area contributed by atoms with Crippen LogP contribution in [0.3, 0.4) is 0 Å². The largest absolute Gasteiger partial charge is 0.613 e. The molecular weight excluding hydrogens is 137 g/mol. The molecule has 0 aromatic rings. The van der Waals surface area contributed by atoms with Crippen LogP contribution in [0.2, 0.25) is 0 Å². The van der Waals surface area contributed by atoms with E-state index in [1.807, 2.05) is 0 Å². The maximum absolute atomic E-state index is 10.4. The summed E-state index contributed by atoms with van der Waals surface area (Å²) in [7, 11) is -2.04. The summed E-state index contributed by atoms with van der Waals surface area (Å²) in [6, 6.07) is 0. The van der Waals surface area contributed by atoms with Crippen LogP contribution in [-0.2, 0) is 4.57 Å². The Labute approximate surface area is 55.6 Å². The molecule has 1 unspecified atom stereocenters. The summed E-state index contributed by atoms with van der Waals surface area (Å²) in [4.78, 5) is 8.61. The van der Waals surface area contributed by atoms with Gasteiger partial charge in [0.25, 0.3) is 0 Å². The maximum Gasteiger partial charge on any atom is 0.613 e. The standard InChI is InChI=1S/C5H10NO2P/c7-9(8)6-4-2-1-3-5-6/h1-5H2/p+1. The molecule has 4 heteroatoms. The van der Waals surface area contributed by atoms with Gasteiger partial charge in [-0.3, -0.25) is 0 Å². The predicted molar refractivity (Wildman–Crippen MR) is 35.2 cm³/mol. The summed E-state index contributed by atoms with van der Waals surface area (Å²) in [6.45, 7) is 1.59. The summed E-state index contributed by atoms with van der Waals surface area (Å²) in [5, 5.41) is 0. The summed E-state index contributed by atoms with van der Waals surface area (Å²) in [6.07, 6.45) is 3.35. The Balaban J connectivity index is 2.31. The highest BCUT2D eigenvalue weighted by Crippen LogP contribution is 2.25. The van der Waals surface area contributed by atoms with Gasteiger partial charge in [0, 0.05) is 13.1 Å². The van der Waals surface area contributed by atoms with E-state index in [-0.39, 0.29) is 0 Å². The van der Waals surface area contributed by atoms with Crippen LogP contribution in [-0.4, -0.2) is 22.7 Å². The molecule has 1 heterocycles.